The van der Waals surface area contributed by atoms with E-state index >= 15 is 0 Å². The van der Waals surface area contributed by atoms with Crippen LogP contribution in [0.1, 0.15) is 20.7 Å². The molecule has 2 heterocycles. The molecule has 1 aromatic heterocycles. The first-order valence-corrected chi connectivity index (χ1v) is 7.63. The Hall–Kier alpha value is -2.41. The summed E-state index contributed by atoms with van der Waals surface area (Å²) in [6.07, 6.45) is 2.93. The van der Waals surface area contributed by atoms with Crippen LogP contribution < -0.4 is 9.47 Å². The molecule has 23 heavy (non-hydrogen) atoms. The largest absolute Gasteiger partial charge is 0.486 e. The first-order valence-electron chi connectivity index (χ1n) is 6.84. The molecule has 0 fully saturated rings. The zero-order valence-corrected chi connectivity index (χ0v) is 13.5. The fourth-order valence-corrected chi connectivity index (χ4v) is 2.40. The average molecular weight is 378 g/mol. The summed E-state index contributed by atoms with van der Waals surface area (Å²) in [5.74, 6) is 0.192. The van der Waals surface area contributed by atoms with Gasteiger partial charge in [0.1, 0.15) is 13.2 Å². The number of Topliss-reactive ketones (excluding diaryl/α,β-unsaturated/α-hetero) is 1. The van der Waals surface area contributed by atoms with Crippen molar-refractivity contribution in [3.05, 3.63) is 52.3 Å². The zero-order valence-electron chi connectivity index (χ0n) is 12.0. The van der Waals surface area contributed by atoms with Crippen LogP contribution in [0.4, 0.5) is 0 Å². The molecule has 1 aromatic carbocycles. The Kier molecular flexibility index (Phi) is 4.57. The van der Waals surface area contributed by atoms with Gasteiger partial charge in [0.2, 0.25) is 0 Å². The lowest BCUT2D eigenvalue weighted by Crippen LogP contribution is -2.17. The molecule has 2 aromatic rings. The maximum atomic E-state index is 12.1. The van der Waals surface area contributed by atoms with Crippen LogP contribution in [0, 0.1) is 0 Å². The summed E-state index contributed by atoms with van der Waals surface area (Å²) in [4.78, 5) is 27.9. The van der Waals surface area contributed by atoms with E-state index in [1.165, 1.54) is 6.20 Å². The van der Waals surface area contributed by atoms with E-state index in [4.69, 9.17) is 14.2 Å². The highest BCUT2D eigenvalue weighted by molar-refractivity contribution is 9.10. The lowest BCUT2D eigenvalue weighted by atomic mass is 10.1. The minimum atomic E-state index is -0.607. The van der Waals surface area contributed by atoms with Crippen molar-refractivity contribution in [1.82, 2.24) is 4.98 Å². The molecular formula is C16H12BrNO5. The highest BCUT2D eigenvalue weighted by Gasteiger charge is 2.17. The van der Waals surface area contributed by atoms with Crippen LogP contribution in [0.2, 0.25) is 0 Å². The van der Waals surface area contributed by atoms with Gasteiger partial charge in [-0.05, 0) is 40.2 Å². The highest BCUT2D eigenvalue weighted by atomic mass is 79.9. The average Bonchev–Trinajstić information content (AvgIpc) is 2.59. The number of esters is 1. The third-order valence-electron chi connectivity index (χ3n) is 3.14. The van der Waals surface area contributed by atoms with Gasteiger partial charge in [-0.1, -0.05) is 0 Å². The summed E-state index contributed by atoms with van der Waals surface area (Å²) < 4.78 is 16.5. The molecule has 7 heteroatoms. The fourth-order valence-electron chi connectivity index (χ4n) is 2.04. The Labute approximate surface area is 140 Å². The number of hydrogen-bond acceptors (Lipinski definition) is 6. The van der Waals surface area contributed by atoms with E-state index in [0.717, 1.165) is 0 Å². The SMILES string of the molecule is O=C(COC(=O)c1cncc(Br)c1)c1ccc2c(c1)OCCO2. The van der Waals surface area contributed by atoms with E-state index < -0.39 is 5.97 Å². The number of carbonyl (C=O) groups excluding carboxylic acids is 2. The summed E-state index contributed by atoms with van der Waals surface area (Å²) in [6, 6.07) is 6.45. The minimum Gasteiger partial charge on any atom is -0.486 e. The number of halogens is 1. The van der Waals surface area contributed by atoms with Gasteiger partial charge in [0.05, 0.1) is 5.56 Å². The van der Waals surface area contributed by atoms with Crippen molar-refractivity contribution in [3.8, 4) is 11.5 Å². The number of aromatic nitrogens is 1. The van der Waals surface area contributed by atoms with Gasteiger partial charge in [0.15, 0.2) is 23.9 Å². The summed E-state index contributed by atoms with van der Waals surface area (Å²) in [7, 11) is 0. The van der Waals surface area contributed by atoms with Gasteiger partial charge in [0, 0.05) is 22.4 Å². The summed E-state index contributed by atoms with van der Waals surface area (Å²) in [5, 5.41) is 0. The number of ketones is 1. The number of ether oxygens (including phenoxy) is 3. The molecule has 118 valence electrons. The van der Waals surface area contributed by atoms with E-state index in [2.05, 4.69) is 20.9 Å². The quantitative estimate of drug-likeness (QED) is 0.602. The van der Waals surface area contributed by atoms with Crippen molar-refractivity contribution in [2.24, 2.45) is 0 Å². The number of benzene rings is 1. The van der Waals surface area contributed by atoms with Crippen LogP contribution in [-0.4, -0.2) is 36.6 Å². The highest BCUT2D eigenvalue weighted by Crippen LogP contribution is 2.30. The van der Waals surface area contributed by atoms with Crippen molar-refractivity contribution in [1.29, 1.82) is 0 Å². The number of fused-ring (bicyclic) bond motifs is 1. The molecule has 0 aliphatic carbocycles. The normalized spacial score (nSPS) is 12.6. The van der Waals surface area contributed by atoms with Crippen LogP contribution in [0.3, 0.4) is 0 Å². The second-order valence-electron chi connectivity index (χ2n) is 4.75. The van der Waals surface area contributed by atoms with Gasteiger partial charge in [0.25, 0.3) is 0 Å². The Morgan fingerprint density at radius 1 is 1.09 bits per heavy atom. The molecule has 6 nitrogen and oxygen atoms in total. The lowest BCUT2D eigenvalue weighted by Gasteiger charge is -2.18. The van der Waals surface area contributed by atoms with Gasteiger partial charge in [-0.15, -0.1) is 0 Å². The second kappa shape index (κ2) is 6.78. The van der Waals surface area contributed by atoms with Crippen molar-refractivity contribution >= 4 is 27.7 Å². The smallest absolute Gasteiger partial charge is 0.340 e. The van der Waals surface area contributed by atoms with Crippen molar-refractivity contribution in [2.45, 2.75) is 0 Å². The van der Waals surface area contributed by atoms with E-state index in [0.29, 0.717) is 34.7 Å². The van der Waals surface area contributed by atoms with Gasteiger partial charge in [-0.25, -0.2) is 4.79 Å². The Morgan fingerprint density at radius 3 is 2.65 bits per heavy atom. The third kappa shape index (κ3) is 3.68. The van der Waals surface area contributed by atoms with Crippen molar-refractivity contribution in [2.75, 3.05) is 19.8 Å². The molecule has 0 amide bonds. The molecular weight excluding hydrogens is 366 g/mol. The minimum absolute atomic E-state index is 0.273. The first kappa shape index (κ1) is 15.5. The topological polar surface area (TPSA) is 74.7 Å². The van der Waals surface area contributed by atoms with Crippen LogP contribution in [0.5, 0.6) is 11.5 Å². The van der Waals surface area contributed by atoms with E-state index in [1.54, 1.807) is 30.5 Å². The number of hydrogen-bond donors (Lipinski definition) is 0. The number of nitrogens with zero attached hydrogens (tertiary/aromatic N) is 1. The monoisotopic (exact) mass is 377 g/mol. The Bertz CT molecular complexity index is 762. The summed E-state index contributed by atoms with van der Waals surface area (Å²) in [6.45, 7) is 0.569. The molecule has 0 saturated carbocycles. The lowest BCUT2D eigenvalue weighted by molar-refractivity contribution is 0.0474. The van der Waals surface area contributed by atoms with E-state index in [1.807, 2.05) is 0 Å². The van der Waals surface area contributed by atoms with Crippen LogP contribution in [0.25, 0.3) is 0 Å². The van der Waals surface area contributed by atoms with Gasteiger partial charge < -0.3 is 14.2 Å². The molecule has 0 spiro atoms. The molecule has 1 aliphatic rings. The van der Waals surface area contributed by atoms with E-state index in [9.17, 15) is 9.59 Å². The second-order valence-corrected chi connectivity index (χ2v) is 5.67. The molecule has 0 bridgehead atoms. The predicted octanol–water partition coefficient (Wildman–Crippen LogP) is 2.66. The van der Waals surface area contributed by atoms with Gasteiger partial charge in [-0.2, -0.15) is 0 Å². The molecule has 3 rings (SSSR count). The van der Waals surface area contributed by atoms with Crippen LogP contribution >= 0.6 is 15.9 Å². The van der Waals surface area contributed by atoms with Gasteiger partial charge >= 0.3 is 5.97 Å². The third-order valence-corrected chi connectivity index (χ3v) is 3.57. The number of rotatable bonds is 4. The van der Waals surface area contributed by atoms with Crippen LogP contribution in [0.15, 0.2) is 41.1 Å². The maximum Gasteiger partial charge on any atom is 0.340 e. The summed E-state index contributed by atoms with van der Waals surface area (Å²) in [5.41, 5.74) is 0.670. The molecule has 1 aliphatic heterocycles. The molecule has 0 radical (unpaired) electrons. The van der Waals surface area contributed by atoms with Gasteiger partial charge in [-0.3, -0.25) is 9.78 Å². The maximum absolute atomic E-state index is 12.1. The van der Waals surface area contributed by atoms with E-state index in [-0.39, 0.29) is 18.0 Å². The molecule has 0 N–H and O–H groups in total. The predicted molar refractivity (Wildman–Crippen MR) is 84.0 cm³/mol. The summed E-state index contributed by atoms with van der Waals surface area (Å²) >= 11 is 3.22. The van der Waals surface area contributed by atoms with Crippen molar-refractivity contribution < 1.29 is 23.8 Å². The first-order chi connectivity index (χ1) is 11.1. The molecule has 0 unspecified atom stereocenters. The standard InChI is InChI=1S/C16H12BrNO5/c17-12-5-11(7-18-8-12)16(20)23-9-13(19)10-1-2-14-15(6-10)22-4-3-21-14/h1-2,5-8H,3-4,9H2. The molecule has 0 atom stereocenters. The molecule has 0 saturated heterocycles. The number of carbonyl (C=O) groups is 2. The van der Waals surface area contributed by atoms with Crippen molar-refractivity contribution in [3.63, 3.8) is 0 Å². The van der Waals surface area contributed by atoms with Crippen LogP contribution in [-0.2, 0) is 4.74 Å². The zero-order chi connectivity index (χ0) is 16.2. The fraction of sp³-hybridized carbons (Fsp3) is 0.188. The number of pyridine rings is 1. The Morgan fingerprint density at radius 2 is 1.87 bits per heavy atom. The Balaban J connectivity index is 1.64.